The molecule has 8 nitrogen and oxygen atoms in total. The van der Waals surface area contributed by atoms with Gasteiger partial charge in [0.05, 0.1) is 27.4 Å². The van der Waals surface area contributed by atoms with E-state index >= 15 is 0 Å². The van der Waals surface area contributed by atoms with Crippen LogP contribution in [0.25, 0.3) is 6.08 Å². The highest BCUT2D eigenvalue weighted by Crippen LogP contribution is 2.32. The number of aromatic carboxylic acids is 1. The number of nitrogens with zero attached hydrogens (tertiary/aromatic N) is 2. The maximum absolute atomic E-state index is 14.2. The number of benzene rings is 4. The fourth-order valence-corrected chi connectivity index (χ4v) is 6.52. The van der Waals surface area contributed by atoms with Crippen molar-refractivity contribution < 1.29 is 19.4 Å². The van der Waals surface area contributed by atoms with Crippen LogP contribution in [0, 0.1) is 0 Å². The summed E-state index contributed by atoms with van der Waals surface area (Å²) in [7, 11) is 0. The Hall–Kier alpha value is -5.54. The zero-order chi connectivity index (χ0) is 33.1. The molecule has 2 heterocycles. The molecule has 0 saturated carbocycles. The van der Waals surface area contributed by atoms with Gasteiger partial charge in [-0.2, -0.15) is 0 Å². The van der Waals surface area contributed by atoms with Gasteiger partial charge in [-0.15, -0.1) is 0 Å². The predicted molar refractivity (Wildman–Crippen MR) is 184 cm³/mol. The van der Waals surface area contributed by atoms with Crippen LogP contribution in [0.5, 0.6) is 5.75 Å². The fraction of sp³-hybridized carbons (Fsp3) is 0.158. The van der Waals surface area contributed by atoms with E-state index in [2.05, 4.69) is 19.2 Å². The molecule has 9 heteroatoms. The Morgan fingerprint density at radius 3 is 2.32 bits per heavy atom. The van der Waals surface area contributed by atoms with Crippen LogP contribution < -0.4 is 24.9 Å². The molecule has 5 aromatic rings. The molecule has 236 valence electrons. The smallest absolute Gasteiger partial charge is 0.335 e. The van der Waals surface area contributed by atoms with Crippen molar-refractivity contribution >= 4 is 35.0 Å². The molecule has 1 amide bonds. The Morgan fingerprint density at radius 2 is 1.64 bits per heavy atom. The third kappa shape index (κ3) is 6.71. The standard InChI is InChI=1S/C38H33N3O5S/c1-23(2)26-17-19-27(20-18-26)34-33(35(42)40-30-10-5-4-6-11-30)24(3)39-38-41(34)36(43)32(47-38)21-29-9-7-8-12-31(29)46-22-25-13-15-28(16-14-25)37(44)45/h4-21,23,34H,22H2,1-3H3,(H,40,42)(H,44,45)/b32-21-/t34-/m1/s1. The molecule has 0 aliphatic carbocycles. The minimum Gasteiger partial charge on any atom is -0.488 e. The Bertz CT molecular complexity index is 2160. The normalized spacial score (nSPS) is 14.5. The number of carboxylic acid groups (broad SMARTS) is 1. The lowest BCUT2D eigenvalue weighted by Crippen LogP contribution is -2.40. The molecule has 4 aromatic carbocycles. The number of carbonyl (C=O) groups is 2. The number of hydrogen-bond acceptors (Lipinski definition) is 6. The van der Waals surface area contributed by atoms with Gasteiger partial charge in [0.1, 0.15) is 12.4 Å². The second-order valence-electron chi connectivity index (χ2n) is 11.6. The van der Waals surface area contributed by atoms with Crippen molar-refractivity contribution in [3.05, 3.63) is 162 Å². The van der Waals surface area contributed by atoms with Crippen LogP contribution in [-0.2, 0) is 11.4 Å². The summed E-state index contributed by atoms with van der Waals surface area (Å²) in [5.41, 5.74) is 5.03. The van der Waals surface area contributed by atoms with Gasteiger partial charge in [0, 0.05) is 11.3 Å². The number of aromatic nitrogens is 1. The Kier molecular flexibility index (Phi) is 8.99. The molecule has 6 rings (SSSR count). The summed E-state index contributed by atoms with van der Waals surface area (Å²) < 4.78 is 8.18. The molecule has 47 heavy (non-hydrogen) atoms. The second-order valence-corrected chi connectivity index (χ2v) is 12.6. The predicted octanol–water partition coefficient (Wildman–Crippen LogP) is 6.27. The number of carbonyl (C=O) groups excluding carboxylic acids is 1. The molecule has 2 N–H and O–H groups in total. The number of hydrogen-bond donors (Lipinski definition) is 2. The van der Waals surface area contributed by atoms with E-state index in [0.717, 1.165) is 16.7 Å². The molecule has 1 aliphatic heterocycles. The summed E-state index contributed by atoms with van der Waals surface area (Å²) in [6.45, 7) is 6.27. The average Bonchev–Trinajstić information content (AvgIpc) is 3.37. The molecular formula is C38H33N3O5S. The molecule has 0 unspecified atom stereocenters. The number of allylic oxidation sites excluding steroid dienone is 1. The highest BCUT2D eigenvalue weighted by atomic mass is 32.1. The monoisotopic (exact) mass is 643 g/mol. The molecule has 0 spiro atoms. The zero-order valence-corrected chi connectivity index (χ0v) is 27.0. The van der Waals surface area contributed by atoms with Gasteiger partial charge in [-0.3, -0.25) is 14.2 Å². The quantitative estimate of drug-likeness (QED) is 0.197. The molecule has 0 bridgehead atoms. The summed E-state index contributed by atoms with van der Waals surface area (Å²) in [6, 6.07) is 30.5. The summed E-state index contributed by atoms with van der Waals surface area (Å²) in [5.74, 6) is -0.408. The number of para-hydroxylation sites is 2. The van der Waals surface area contributed by atoms with Gasteiger partial charge in [-0.25, -0.2) is 9.79 Å². The van der Waals surface area contributed by atoms with Gasteiger partial charge < -0.3 is 15.2 Å². The number of carboxylic acids is 1. The van der Waals surface area contributed by atoms with Crippen molar-refractivity contribution in [1.82, 2.24) is 4.57 Å². The maximum Gasteiger partial charge on any atom is 0.335 e. The van der Waals surface area contributed by atoms with Crippen LogP contribution in [0.1, 0.15) is 65.3 Å². The van der Waals surface area contributed by atoms with Gasteiger partial charge in [-0.1, -0.05) is 98.0 Å². The van der Waals surface area contributed by atoms with Crippen molar-refractivity contribution in [3.63, 3.8) is 0 Å². The summed E-state index contributed by atoms with van der Waals surface area (Å²) in [4.78, 5) is 44.5. The third-order valence-electron chi connectivity index (χ3n) is 8.02. The summed E-state index contributed by atoms with van der Waals surface area (Å²) >= 11 is 1.26. The summed E-state index contributed by atoms with van der Waals surface area (Å²) in [6.07, 6.45) is 1.79. The number of thiazole rings is 1. The Balaban J connectivity index is 1.39. The van der Waals surface area contributed by atoms with Gasteiger partial charge in [-0.05, 0) is 65.9 Å². The van der Waals surface area contributed by atoms with Crippen molar-refractivity contribution in [2.45, 2.75) is 39.3 Å². The van der Waals surface area contributed by atoms with Crippen molar-refractivity contribution in [2.24, 2.45) is 4.99 Å². The summed E-state index contributed by atoms with van der Waals surface area (Å²) in [5, 5.41) is 12.2. The van der Waals surface area contributed by atoms with E-state index in [1.165, 1.54) is 23.5 Å². The zero-order valence-electron chi connectivity index (χ0n) is 26.1. The van der Waals surface area contributed by atoms with Gasteiger partial charge in [0.15, 0.2) is 4.80 Å². The van der Waals surface area contributed by atoms with Crippen LogP contribution in [0.3, 0.4) is 0 Å². The number of ether oxygens (including phenoxy) is 1. The Labute approximate surface area is 275 Å². The maximum atomic E-state index is 14.2. The molecule has 1 aliphatic rings. The van der Waals surface area contributed by atoms with E-state index < -0.39 is 12.0 Å². The van der Waals surface area contributed by atoms with Gasteiger partial charge in [0.2, 0.25) is 0 Å². The van der Waals surface area contributed by atoms with Crippen LogP contribution in [0.4, 0.5) is 5.69 Å². The number of nitrogens with one attached hydrogen (secondary N) is 1. The van der Waals surface area contributed by atoms with E-state index in [0.29, 0.717) is 43.5 Å². The highest BCUT2D eigenvalue weighted by molar-refractivity contribution is 7.07. The molecule has 0 radical (unpaired) electrons. The first-order valence-electron chi connectivity index (χ1n) is 15.2. The second kappa shape index (κ2) is 13.4. The number of anilines is 1. The highest BCUT2D eigenvalue weighted by Gasteiger charge is 2.32. The van der Waals surface area contributed by atoms with Crippen LogP contribution in [-0.4, -0.2) is 21.6 Å². The molecular weight excluding hydrogens is 611 g/mol. The molecule has 0 fully saturated rings. The first-order chi connectivity index (χ1) is 22.7. The van der Waals surface area contributed by atoms with E-state index in [4.69, 9.17) is 9.73 Å². The van der Waals surface area contributed by atoms with E-state index in [1.54, 1.807) is 29.7 Å². The lowest BCUT2D eigenvalue weighted by Gasteiger charge is -2.25. The third-order valence-corrected chi connectivity index (χ3v) is 9.00. The van der Waals surface area contributed by atoms with Gasteiger partial charge >= 0.3 is 5.97 Å². The largest absolute Gasteiger partial charge is 0.488 e. The van der Waals surface area contributed by atoms with Crippen LogP contribution in [0.2, 0.25) is 0 Å². The van der Waals surface area contributed by atoms with Crippen LogP contribution in [0.15, 0.2) is 124 Å². The van der Waals surface area contributed by atoms with E-state index in [1.807, 2.05) is 78.9 Å². The van der Waals surface area contributed by atoms with E-state index in [-0.39, 0.29) is 23.6 Å². The topological polar surface area (TPSA) is 110 Å². The lowest BCUT2D eigenvalue weighted by atomic mass is 9.93. The van der Waals surface area contributed by atoms with Crippen LogP contribution >= 0.6 is 11.3 Å². The van der Waals surface area contributed by atoms with E-state index in [9.17, 15) is 19.5 Å². The minimum atomic E-state index is -0.988. The Morgan fingerprint density at radius 1 is 0.957 bits per heavy atom. The number of fused-ring (bicyclic) bond motifs is 1. The first kappa shape index (κ1) is 31.4. The SMILES string of the molecule is CC1=C(C(=O)Nc2ccccc2)[C@@H](c2ccc(C(C)C)cc2)n2c(s/c(=C\c3ccccc3OCc3ccc(C(=O)O)cc3)c2=O)=N1. The molecule has 0 saturated heterocycles. The molecule has 1 atom stereocenters. The van der Waals surface area contributed by atoms with Gasteiger partial charge in [0.25, 0.3) is 11.5 Å². The lowest BCUT2D eigenvalue weighted by molar-refractivity contribution is -0.113. The van der Waals surface area contributed by atoms with Crippen molar-refractivity contribution in [3.8, 4) is 5.75 Å². The average molecular weight is 644 g/mol. The van der Waals surface area contributed by atoms with Crippen molar-refractivity contribution in [2.75, 3.05) is 5.32 Å². The first-order valence-corrected chi connectivity index (χ1v) is 16.0. The van der Waals surface area contributed by atoms with Crippen molar-refractivity contribution in [1.29, 1.82) is 0 Å². The fourth-order valence-electron chi connectivity index (χ4n) is 5.49. The molecule has 1 aromatic heterocycles. The number of rotatable bonds is 9. The number of amides is 1. The minimum absolute atomic E-state index is 0.203.